The number of hydrogen-bond acceptors (Lipinski definition) is 2. The molecule has 0 bridgehead atoms. The van der Waals surface area contributed by atoms with E-state index in [4.69, 9.17) is 0 Å². The fourth-order valence-electron chi connectivity index (χ4n) is 1.13. The summed E-state index contributed by atoms with van der Waals surface area (Å²) in [5, 5.41) is 3.33. The van der Waals surface area contributed by atoms with E-state index in [0.29, 0.717) is 5.92 Å². The molecule has 11 heavy (non-hydrogen) atoms. The van der Waals surface area contributed by atoms with Crippen molar-refractivity contribution in [2.75, 3.05) is 26.2 Å². The standard InChI is InChI=1S/C9H18N2/c1-9(2)3-6-11-7-4-10-5-8-11/h3,6,9-10H,4-5,7-8H2,1-2H3/b6-3+. The number of allylic oxidation sites excluding steroid dienone is 1. The van der Waals surface area contributed by atoms with Crippen LogP contribution in [0, 0.1) is 5.92 Å². The van der Waals surface area contributed by atoms with Gasteiger partial charge in [0.25, 0.3) is 0 Å². The predicted octanol–water partition coefficient (Wildman–Crippen LogP) is 1.06. The highest BCUT2D eigenvalue weighted by molar-refractivity contribution is 4.86. The number of piperazine rings is 1. The van der Waals surface area contributed by atoms with Crippen molar-refractivity contribution in [2.45, 2.75) is 13.8 Å². The van der Waals surface area contributed by atoms with E-state index in [-0.39, 0.29) is 0 Å². The fourth-order valence-corrected chi connectivity index (χ4v) is 1.13. The van der Waals surface area contributed by atoms with E-state index in [1.54, 1.807) is 0 Å². The summed E-state index contributed by atoms with van der Waals surface area (Å²) in [4.78, 5) is 2.37. The van der Waals surface area contributed by atoms with Crippen LogP contribution < -0.4 is 5.32 Å². The van der Waals surface area contributed by atoms with Gasteiger partial charge in [-0.1, -0.05) is 19.9 Å². The molecule has 0 aromatic rings. The summed E-state index contributed by atoms with van der Waals surface area (Å²) in [6, 6.07) is 0. The third-order valence-corrected chi connectivity index (χ3v) is 1.83. The van der Waals surface area contributed by atoms with E-state index in [2.05, 4.69) is 36.3 Å². The van der Waals surface area contributed by atoms with Gasteiger partial charge in [0, 0.05) is 26.2 Å². The van der Waals surface area contributed by atoms with Gasteiger partial charge in [-0.25, -0.2) is 0 Å². The van der Waals surface area contributed by atoms with Crippen LogP contribution in [0.4, 0.5) is 0 Å². The number of nitrogens with zero attached hydrogens (tertiary/aromatic N) is 1. The molecule has 1 aliphatic heterocycles. The Balaban J connectivity index is 2.23. The third kappa shape index (κ3) is 3.42. The minimum atomic E-state index is 0.671. The van der Waals surface area contributed by atoms with Gasteiger partial charge in [0.2, 0.25) is 0 Å². The molecule has 0 spiro atoms. The van der Waals surface area contributed by atoms with Gasteiger partial charge in [-0.15, -0.1) is 0 Å². The van der Waals surface area contributed by atoms with Gasteiger partial charge in [-0.2, -0.15) is 0 Å². The second-order valence-electron chi connectivity index (χ2n) is 3.37. The van der Waals surface area contributed by atoms with Crippen molar-refractivity contribution in [2.24, 2.45) is 5.92 Å². The van der Waals surface area contributed by atoms with Crippen molar-refractivity contribution in [3.63, 3.8) is 0 Å². The molecule has 0 unspecified atom stereocenters. The van der Waals surface area contributed by atoms with Gasteiger partial charge in [-0.05, 0) is 12.1 Å². The first-order valence-corrected chi connectivity index (χ1v) is 4.42. The Morgan fingerprint density at radius 1 is 1.27 bits per heavy atom. The first-order chi connectivity index (χ1) is 5.29. The monoisotopic (exact) mass is 154 g/mol. The topological polar surface area (TPSA) is 15.3 Å². The van der Waals surface area contributed by atoms with Gasteiger partial charge in [0.15, 0.2) is 0 Å². The van der Waals surface area contributed by atoms with Crippen LogP contribution in [-0.4, -0.2) is 31.1 Å². The zero-order valence-corrected chi connectivity index (χ0v) is 7.51. The van der Waals surface area contributed by atoms with E-state index >= 15 is 0 Å². The molecule has 0 aliphatic carbocycles. The molecule has 0 saturated carbocycles. The van der Waals surface area contributed by atoms with Crippen molar-refractivity contribution in [3.8, 4) is 0 Å². The lowest BCUT2D eigenvalue weighted by Gasteiger charge is -2.25. The predicted molar refractivity (Wildman–Crippen MR) is 48.4 cm³/mol. The molecule has 0 aromatic heterocycles. The van der Waals surface area contributed by atoms with E-state index in [1.807, 2.05) is 0 Å². The normalized spacial score (nSPS) is 20.1. The average Bonchev–Trinajstić information content (AvgIpc) is 2.03. The molecule has 0 radical (unpaired) electrons. The average molecular weight is 154 g/mol. The molecular weight excluding hydrogens is 136 g/mol. The summed E-state index contributed by atoms with van der Waals surface area (Å²) in [5.41, 5.74) is 0. The van der Waals surface area contributed by atoms with E-state index in [0.717, 1.165) is 26.2 Å². The fraction of sp³-hybridized carbons (Fsp3) is 0.778. The summed E-state index contributed by atoms with van der Waals surface area (Å²) in [7, 11) is 0. The zero-order chi connectivity index (χ0) is 8.10. The Kier molecular flexibility index (Phi) is 3.43. The summed E-state index contributed by atoms with van der Waals surface area (Å²) in [6.07, 6.45) is 4.48. The Labute approximate surface area is 69.3 Å². The summed E-state index contributed by atoms with van der Waals surface area (Å²) in [6.45, 7) is 8.98. The molecule has 1 heterocycles. The molecule has 1 saturated heterocycles. The van der Waals surface area contributed by atoms with E-state index < -0.39 is 0 Å². The Morgan fingerprint density at radius 3 is 2.45 bits per heavy atom. The minimum Gasteiger partial charge on any atom is -0.375 e. The Hall–Kier alpha value is -0.500. The highest BCUT2D eigenvalue weighted by Gasteiger charge is 2.03. The van der Waals surface area contributed by atoms with Crippen molar-refractivity contribution < 1.29 is 0 Å². The number of rotatable bonds is 2. The molecule has 1 N–H and O–H groups in total. The van der Waals surface area contributed by atoms with Crippen molar-refractivity contribution in [1.29, 1.82) is 0 Å². The van der Waals surface area contributed by atoms with Crippen LogP contribution in [0.15, 0.2) is 12.3 Å². The highest BCUT2D eigenvalue weighted by Crippen LogP contribution is 1.98. The summed E-state index contributed by atoms with van der Waals surface area (Å²) in [5.74, 6) is 0.671. The molecule has 1 fully saturated rings. The molecule has 2 heteroatoms. The maximum Gasteiger partial charge on any atom is 0.0298 e. The molecule has 0 amide bonds. The van der Waals surface area contributed by atoms with Crippen molar-refractivity contribution in [1.82, 2.24) is 10.2 Å². The minimum absolute atomic E-state index is 0.671. The van der Waals surface area contributed by atoms with Crippen LogP contribution in [0.5, 0.6) is 0 Å². The van der Waals surface area contributed by atoms with E-state index in [1.165, 1.54) is 0 Å². The SMILES string of the molecule is CC(C)/C=C/N1CCNCC1. The molecule has 1 aliphatic rings. The molecule has 0 atom stereocenters. The first kappa shape index (κ1) is 8.60. The second-order valence-corrected chi connectivity index (χ2v) is 3.37. The van der Waals surface area contributed by atoms with Crippen LogP contribution in [0.25, 0.3) is 0 Å². The van der Waals surface area contributed by atoms with E-state index in [9.17, 15) is 0 Å². The first-order valence-electron chi connectivity index (χ1n) is 4.42. The molecular formula is C9H18N2. The summed E-state index contributed by atoms with van der Waals surface area (Å²) >= 11 is 0. The molecule has 1 rings (SSSR count). The Bertz CT molecular complexity index is 124. The zero-order valence-electron chi connectivity index (χ0n) is 7.51. The number of hydrogen-bond donors (Lipinski definition) is 1. The summed E-state index contributed by atoms with van der Waals surface area (Å²) < 4.78 is 0. The van der Waals surface area contributed by atoms with Gasteiger partial charge >= 0.3 is 0 Å². The lowest BCUT2D eigenvalue weighted by molar-refractivity contribution is 0.322. The van der Waals surface area contributed by atoms with Crippen LogP contribution in [-0.2, 0) is 0 Å². The van der Waals surface area contributed by atoms with Gasteiger partial charge < -0.3 is 10.2 Å². The second kappa shape index (κ2) is 4.39. The van der Waals surface area contributed by atoms with Crippen LogP contribution in [0.1, 0.15) is 13.8 Å². The quantitative estimate of drug-likeness (QED) is 0.640. The van der Waals surface area contributed by atoms with Crippen molar-refractivity contribution >= 4 is 0 Å². The molecule has 0 aromatic carbocycles. The lowest BCUT2D eigenvalue weighted by Crippen LogP contribution is -2.40. The van der Waals surface area contributed by atoms with Gasteiger partial charge in [0.1, 0.15) is 0 Å². The molecule has 64 valence electrons. The largest absolute Gasteiger partial charge is 0.375 e. The van der Waals surface area contributed by atoms with Crippen LogP contribution >= 0.6 is 0 Å². The van der Waals surface area contributed by atoms with Gasteiger partial charge in [0.05, 0.1) is 0 Å². The van der Waals surface area contributed by atoms with Crippen molar-refractivity contribution in [3.05, 3.63) is 12.3 Å². The van der Waals surface area contributed by atoms with Gasteiger partial charge in [-0.3, -0.25) is 0 Å². The van der Waals surface area contributed by atoms with Crippen LogP contribution in [0.2, 0.25) is 0 Å². The highest BCUT2D eigenvalue weighted by atomic mass is 15.2. The maximum atomic E-state index is 3.33. The lowest BCUT2D eigenvalue weighted by atomic mass is 10.2. The maximum absolute atomic E-state index is 3.33. The van der Waals surface area contributed by atoms with Crippen LogP contribution in [0.3, 0.4) is 0 Å². The Morgan fingerprint density at radius 2 is 1.91 bits per heavy atom. The third-order valence-electron chi connectivity index (χ3n) is 1.83. The molecule has 2 nitrogen and oxygen atoms in total. The smallest absolute Gasteiger partial charge is 0.0298 e. The number of nitrogens with one attached hydrogen (secondary N) is 1.